The Labute approximate surface area is 832 Å². The van der Waals surface area contributed by atoms with Gasteiger partial charge in [-0.1, -0.05) is 526 Å². The number of aryl methyl sites for hydroxylation is 20. The maximum atomic E-state index is 2.30. The largest absolute Gasteiger partial charge is 0.0651 e. The van der Waals surface area contributed by atoms with Crippen molar-refractivity contribution in [2.75, 3.05) is 0 Å². The molecule has 0 aliphatic rings. The highest BCUT2D eigenvalue weighted by atomic mass is 14.1. The van der Waals surface area contributed by atoms with Crippen LogP contribution in [0, 0.1) is 0 Å². The number of benzene rings is 16. The molecule has 0 atom stereocenters. The first-order chi connectivity index (χ1) is 67.0. The van der Waals surface area contributed by atoms with Crippen LogP contribution in [0.25, 0.3) is 56.0 Å². The molecule has 0 nitrogen and oxygen atoms in total. The summed E-state index contributed by atoms with van der Waals surface area (Å²) in [6.45, 7) is 39.6. The number of hydrogen-bond acceptors (Lipinski definition) is 0. The molecule has 16 aromatic carbocycles. The molecule has 0 aromatic heterocycles. The second-order valence-corrected chi connectivity index (χ2v) is 36.2. The van der Waals surface area contributed by atoms with Gasteiger partial charge in [-0.15, -0.1) is 0 Å². The van der Waals surface area contributed by atoms with Crippen LogP contribution in [0.4, 0.5) is 0 Å². The molecule has 0 aliphatic heterocycles. The molecule has 16 aromatic rings. The summed E-state index contributed by atoms with van der Waals surface area (Å²) in [6.07, 6.45) is 33.0. The summed E-state index contributed by atoms with van der Waals surface area (Å²) in [7, 11) is 0. The molecule has 714 valence electrons. The van der Waals surface area contributed by atoms with E-state index in [9.17, 15) is 0 Å². The van der Waals surface area contributed by atoms with Crippen molar-refractivity contribution in [2.24, 2.45) is 0 Å². The first-order valence-corrected chi connectivity index (χ1v) is 52.7. The van der Waals surface area contributed by atoms with Crippen LogP contribution in [0.2, 0.25) is 0 Å². The van der Waals surface area contributed by atoms with Gasteiger partial charge < -0.3 is 0 Å². The van der Waals surface area contributed by atoms with Crippen LogP contribution in [0.3, 0.4) is 0 Å². The standard InChI is InChI=1S/C18H22.C18H20.C18H22.C17H20.C16H18.2C14H16.C12H18.C10H14/c2*1-3-15-5-9-17(10-6-15)13-14-18-11-7-16(4-2)8-12-18;1-3-5-15-7-11-17(12-8-15)18-13-9-16(6-4-2)10-14-18;1-3-14-5-9-16(10-6-14)13-17-11-7-15(4-2)8-12-17;1-3-13-5-9-15(10-6-13)16-11-7-14(4-2)8-12-16;1-3-11-5-7-14-10-12(4-2)6-8-13(14)9-11;1-3-11-5-7-13-8-6-12(4-2)10-14(13)9-11;1-3-5-11-7-9-12(6-4-2)10-8-11;1-3-9-5-7-10(4-2)8-6-9/h5-12H,3-4,13-14H2,1-2H3;5-14H,3-4H2,1-2H3;7-14H,3-6H2,1-2H3;5-12H,3-4,13H2,1-2H3;5-12H,3-4H2,1-2H3;2*5-10H,3-4H2,1-2H3;7-10H,3-6H2,1-2H3;5-8H,3-4H2,1-2H3/b;14-13+;;;;;;;. The summed E-state index contributed by atoms with van der Waals surface area (Å²) in [4.78, 5) is 0. The average Bonchev–Trinajstić information content (AvgIpc) is 0.842. The molecule has 0 fully saturated rings. The van der Waals surface area contributed by atoms with Gasteiger partial charge in [0.1, 0.15) is 0 Å². The molecule has 0 unspecified atom stereocenters. The third-order valence-corrected chi connectivity index (χ3v) is 26.0. The van der Waals surface area contributed by atoms with Crippen molar-refractivity contribution < 1.29 is 0 Å². The number of hydrogen-bond donors (Lipinski definition) is 0. The van der Waals surface area contributed by atoms with Gasteiger partial charge in [0.2, 0.25) is 0 Å². The molecule has 0 heteroatoms. The molecule has 137 heavy (non-hydrogen) atoms. The van der Waals surface area contributed by atoms with Gasteiger partial charge in [0.25, 0.3) is 0 Å². The second kappa shape index (κ2) is 64.0. The first kappa shape index (κ1) is 110. The minimum absolute atomic E-state index is 1.04. The van der Waals surface area contributed by atoms with Crippen molar-refractivity contribution in [1.29, 1.82) is 0 Å². The molecule has 0 saturated heterocycles. The van der Waals surface area contributed by atoms with Gasteiger partial charge in [0.05, 0.1) is 0 Å². The molecular formula is C137H166. The normalized spacial score (nSPS) is 10.5. The molecule has 0 heterocycles. The van der Waals surface area contributed by atoms with E-state index < -0.39 is 0 Å². The van der Waals surface area contributed by atoms with Crippen molar-refractivity contribution in [3.05, 3.63) is 498 Å². The van der Waals surface area contributed by atoms with E-state index >= 15 is 0 Å². The Bertz CT molecular complexity index is 5560. The Morgan fingerprint density at radius 2 is 0.270 bits per heavy atom. The molecule has 0 N–H and O–H groups in total. The maximum absolute atomic E-state index is 2.30. The molecule has 0 radical (unpaired) electrons. The molecular weight excluding hydrogens is 1650 g/mol. The minimum atomic E-state index is 1.04. The highest BCUT2D eigenvalue weighted by molar-refractivity contribution is 5.85. The lowest BCUT2D eigenvalue weighted by atomic mass is 10.0. The van der Waals surface area contributed by atoms with E-state index in [2.05, 4.69) is 501 Å². The Kier molecular flexibility index (Phi) is 51.4. The first-order valence-electron chi connectivity index (χ1n) is 52.7. The summed E-state index contributed by atoms with van der Waals surface area (Å²) >= 11 is 0. The maximum Gasteiger partial charge on any atom is -0.00258 e. The third kappa shape index (κ3) is 40.2. The van der Waals surface area contributed by atoms with Crippen LogP contribution in [-0.4, -0.2) is 0 Å². The van der Waals surface area contributed by atoms with Gasteiger partial charge >= 0.3 is 0 Å². The van der Waals surface area contributed by atoms with Crippen molar-refractivity contribution in [2.45, 2.75) is 285 Å². The van der Waals surface area contributed by atoms with Crippen molar-refractivity contribution in [3.63, 3.8) is 0 Å². The van der Waals surface area contributed by atoms with Gasteiger partial charge in [0, 0.05) is 0 Å². The van der Waals surface area contributed by atoms with E-state index in [-0.39, 0.29) is 0 Å². The molecule has 0 spiro atoms. The van der Waals surface area contributed by atoms with E-state index in [0.29, 0.717) is 0 Å². The lowest BCUT2D eigenvalue weighted by molar-refractivity contribution is 0.904. The fourth-order valence-electron chi connectivity index (χ4n) is 16.3. The molecule has 0 saturated carbocycles. The lowest BCUT2D eigenvalue weighted by Gasteiger charge is -2.05. The predicted molar refractivity (Wildman–Crippen MR) is 610 cm³/mol. The summed E-state index contributed by atoms with van der Waals surface area (Å²) in [5, 5.41) is 5.45. The smallest absolute Gasteiger partial charge is 0.00258 e. The zero-order valence-corrected chi connectivity index (χ0v) is 87.5. The summed E-state index contributed by atoms with van der Waals surface area (Å²) in [5.74, 6) is 0. The van der Waals surface area contributed by atoms with Gasteiger partial charge in [0.15, 0.2) is 0 Å². The van der Waals surface area contributed by atoms with Gasteiger partial charge in [-0.2, -0.15) is 0 Å². The zero-order chi connectivity index (χ0) is 98.0. The predicted octanol–water partition coefficient (Wildman–Crippen LogP) is 38.0. The summed E-state index contributed by atoms with van der Waals surface area (Å²) < 4.78 is 0. The third-order valence-electron chi connectivity index (χ3n) is 26.0. The summed E-state index contributed by atoms with van der Waals surface area (Å²) in [5.41, 5.74) is 39.0. The van der Waals surface area contributed by atoms with Crippen molar-refractivity contribution >= 4 is 33.7 Å². The average molecular weight is 1810 g/mol. The van der Waals surface area contributed by atoms with E-state index in [0.717, 1.165) is 109 Å². The fourth-order valence-corrected chi connectivity index (χ4v) is 16.3. The number of rotatable bonds is 31. The summed E-state index contributed by atoms with van der Waals surface area (Å²) in [6, 6.07) is 134. The zero-order valence-electron chi connectivity index (χ0n) is 87.5. The fraction of sp³-hybridized carbons (Fsp3) is 0.314. The Morgan fingerprint density at radius 3 is 0.467 bits per heavy atom. The Balaban J connectivity index is 0.000000190. The minimum Gasteiger partial charge on any atom is -0.0651 e. The van der Waals surface area contributed by atoms with Gasteiger partial charge in [-0.3, -0.25) is 0 Å². The Hall–Kier alpha value is -12.2. The topological polar surface area (TPSA) is 0 Å². The van der Waals surface area contributed by atoms with Crippen LogP contribution in [-0.2, 0) is 135 Å². The van der Waals surface area contributed by atoms with Gasteiger partial charge in [-0.05, 0) is 312 Å². The molecule has 0 aliphatic carbocycles. The molecule has 16 rings (SSSR count). The highest BCUT2D eigenvalue weighted by Gasteiger charge is 2.06. The quantitative estimate of drug-likeness (QED) is 0.0380. The van der Waals surface area contributed by atoms with Gasteiger partial charge in [-0.25, -0.2) is 0 Å². The van der Waals surface area contributed by atoms with Crippen molar-refractivity contribution in [1.82, 2.24) is 0 Å². The van der Waals surface area contributed by atoms with Crippen molar-refractivity contribution in [3.8, 4) is 22.3 Å². The van der Waals surface area contributed by atoms with Crippen LogP contribution < -0.4 is 0 Å². The lowest BCUT2D eigenvalue weighted by Crippen LogP contribution is -1.92. The number of fused-ring (bicyclic) bond motifs is 2. The monoisotopic (exact) mass is 1810 g/mol. The van der Waals surface area contributed by atoms with E-state index in [4.69, 9.17) is 0 Å². The van der Waals surface area contributed by atoms with E-state index in [1.807, 2.05) is 0 Å². The highest BCUT2D eigenvalue weighted by Crippen LogP contribution is 2.27. The van der Waals surface area contributed by atoms with Crippen LogP contribution in [0.15, 0.2) is 364 Å². The van der Waals surface area contributed by atoms with E-state index in [1.165, 1.54) is 229 Å². The van der Waals surface area contributed by atoms with E-state index in [1.54, 1.807) is 0 Å². The van der Waals surface area contributed by atoms with Crippen LogP contribution in [0.5, 0.6) is 0 Å². The van der Waals surface area contributed by atoms with Crippen LogP contribution in [0.1, 0.15) is 284 Å². The SMILES string of the molecule is CCCc1ccc(-c2ccc(CCC)cc2)cc1.CCCc1ccc(CCC)cc1.CCc1ccc(-c2ccc(CC)cc2)cc1.CCc1ccc(/C=C/c2ccc(CC)cc2)cc1.CCc1ccc(CC)cc1.CCc1ccc(CCc2ccc(CC)cc2)cc1.CCc1ccc(Cc2ccc(CC)cc2)cc1.CCc1ccc2cc(CC)ccc2c1.CCc1ccc2ccc(CC)cc2c1. The van der Waals surface area contributed by atoms with Crippen LogP contribution >= 0.6 is 0 Å². The molecule has 0 amide bonds. The Morgan fingerprint density at radius 1 is 0.124 bits per heavy atom. The molecule has 0 bridgehead atoms. The second-order valence-electron chi connectivity index (χ2n) is 36.2.